The highest BCUT2D eigenvalue weighted by atomic mass is 32.1. The van der Waals surface area contributed by atoms with Gasteiger partial charge in [-0.2, -0.15) is 5.10 Å². The van der Waals surface area contributed by atoms with Gasteiger partial charge >= 0.3 is 0 Å². The summed E-state index contributed by atoms with van der Waals surface area (Å²) in [5, 5.41) is 15.5. The lowest BCUT2D eigenvalue weighted by Crippen LogP contribution is -2.16. The van der Waals surface area contributed by atoms with E-state index in [2.05, 4.69) is 92.1 Å². The SMILES string of the molecule is C=C/C(=C\C(=C/C)c1cc2c(-c3cc4c(-c5cccs5)nccc4[nH]3)n[nH]c2cn1)CNCc1ccccc1. The Morgan fingerprint density at radius 2 is 1.87 bits per heavy atom. The van der Waals surface area contributed by atoms with Gasteiger partial charge in [0.25, 0.3) is 0 Å². The molecule has 192 valence electrons. The fourth-order valence-corrected chi connectivity index (χ4v) is 5.44. The number of fused-ring (bicyclic) bond motifs is 2. The van der Waals surface area contributed by atoms with Gasteiger partial charge in [-0.3, -0.25) is 15.1 Å². The predicted molar refractivity (Wildman–Crippen MR) is 162 cm³/mol. The molecule has 0 aliphatic rings. The lowest BCUT2D eigenvalue weighted by Gasteiger charge is -2.08. The Morgan fingerprint density at radius 1 is 1.00 bits per heavy atom. The number of allylic oxidation sites excluding steroid dienone is 3. The Balaban J connectivity index is 1.30. The molecule has 39 heavy (non-hydrogen) atoms. The zero-order chi connectivity index (χ0) is 26.6. The largest absolute Gasteiger partial charge is 0.353 e. The van der Waals surface area contributed by atoms with E-state index in [9.17, 15) is 0 Å². The standard InChI is InChI=1S/C32H28N6S/c1-3-21(18-33-19-22-9-6-5-7-10-22)15-23(4-2)27-16-25-29(20-35-27)37-38-31(25)28-17-24-26(36-28)12-13-34-32(24)30-11-8-14-39-30/h3-17,20,33,36H,1,18-19H2,2H3,(H,37,38)/b21-15+,23-4+. The van der Waals surface area contributed by atoms with Crippen LogP contribution in [0.25, 0.3) is 49.3 Å². The highest BCUT2D eigenvalue weighted by molar-refractivity contribution is 7.13. The zero-order valence-electron chi connectivity index (χ0n) is 21.6. The first kappa shape index (κ1) is 24.7. The van der Waals surface area contributed by atoms with Crippen LogP contribution in [-0.2, 0) is 6.54 Å². The number of nitrogens with zero attached hydrogens (tertiary/aromatic N) is 3. The van der Waals surface area contributed by atoms with Crippen LogP contribution in [0.15, 0.2) is 109 Å². The first-order chi connectivity index (χ1) is 19.2. The third-order valence-corrected chi connectivity index (χ3v) is 7.59. The van der Waals surface area contributed by atoms with Crippen molar-refractivity contribution >= 4 is 38.7 Å². The van der Waals surface area contributed by atoms with E-state index in [4.69, 9.17) is 4.98 Å². The van der Waals surface area contributed by atoms with Crippen LogP contribution in [0, 0.1) is 0 Å². The van der Waals surface area contributed by atoms with Gasteiger partial charge in [0.05, 0.1) is 33.7 Å². The van der Waals surface area contributed by atoms with Gasteiger partial charge in [-0.25, -0.2) is 0 Å². The number of aromatic amines is 2. The molecular formula is C32H28N6S. The fraction of sp³-hybridized carbons (Fsp3) is 0.0938. The van der Waals surface area contributed by atoms with E-state index < -0.39 is 0 Å². The molecule has 0 amide bonds. The second-order valence-electron chi connectivity index (χ2n) is 9.22. The number of thiophene rings is 1. The van der Waals surface area contributed by atoms with Crippen molar-refractivity contribution < 1.29 is 0 Å². The smallest absolute Gasteiger partial charge is 0.116 e. The average Bonchev–Trinajstić information content (AvgIpc) is 3.74. The first-order valence-corrected chi connectivity index (χ1v) is 13.7. The molecule has 5 heterocycles. The Bertz CT molecular complexity index is 1810. The molecule has 6 nitrogen and oxygen atoms in total. The molecule has 5 aromatic heterocycles. The maximum atomic E-state index is 4.73. The Labute approximate surface area is 230 Å². The molecule has 1 aromatic carbocycles. The van der Waals surface area contributed by atoms with Gasteiger partial charge in [-0.15, -0.1) is 11.3 Å². The molecule has 0 fully saturated rings. The van der Waals surface area contributed by atoms with Gasteiger partial charge < -0.3 is 10.3 Å². The lowest BCUT2D eigenvalue weighted by atomic mass is 10.0. The van der Waals surface area contributed by atoms with Crippen molar-refractivity contribution in [3.05, 3.63) is 120 Å². The summed E-state index contributed by atoms with van der Waals surface area (Å²) in [6, 6.07) is 20.8. The number of hydrogen-bond acceptors (Lipinski definition) is 5. The summed E-state index contributed by atoms with van der Waals surface area (Å²) < 4.78 is 0. The van der Waals surface area contributed by atoms with Crippen molar-refractivity contribution in [2.45, 2.75) is 13.5 Å². The van der Waals surface area contributed by atoms with E-state index in [0.717, 1.165) is 67.1 Å². The second-order valence-corrected chi connectivity index (χ2v) is 10.2. The van der Waals surface area contributed by atoms with E-state index in [1.807, 2.05) is 43.6 Å². The molecule has 6 aromatic rings. The predicted octanol–water partition coefficient (Wildman–Crippen LogP) is 7.54. The summed E-state index contributed by atoms with van der Waals surface area (Å²) in [5.74, 6) is 0. The van der Waals surface area contributed by atoms with E-state index in [-0.39, 0.29) is 0 Å². The van der Waals surface area contributed by atoms with Crippen molar-refractivity contribution in [2.24, 2.45) is 0 Å². The van der Waals surface area contributed by atoms with Crippen molar-refractivity contribution in [1.82, 2.24) is 30.5 Å². The molecule has 6 rings (SSSR count). The van der Waals surface area contributed by atoms with Crippen LogP contribution in [0.4, 0.5) is 0 Å². The quantitative estimate of drug-likeness (QED) is 0.169. The maximum absolute atomic E-state index is 4.73. The minimum absolute atomic E-state index is 0.713. The average molecular weight is 529 g/mol. The molecule has 0 saturated carbocycles. The maximum Gasteiger partial charge on any atom is 0.116 e. The number of pyridine rings is 2. The van der Waals surface area contributed by atoms with Crippen LogP contribution in [-0.4, -0.2) is 31.7 Å². The van der Waals surface area contributed by atoms with Crippen molar-refractivity contribution in [2.75, 3.05) is 6.54 Å². The third-order valence-electron chi connectivity index (χ3n) is 6.72. The van der Waals surface area contributed by atoms with Gasteiger partial charge in [0, 0.05) is 35.6 Å². The normalized spacial score (nSPS) is 12.4. The van der Waals surface area contributed by atoms with E-state index in [1.54, 1.807) is 11.3 Å². The van der Waals surface area contributed by atoms with Gasteiger partial charge in [-0.05, 0) is 59.4 Å². The Hall–Kier alpha value is -4.59. The number of H-pyrrole nitrogens is 2. The molecule has 0 saturated heterocycles. The highest BCUT2D eigenvalue weighted by Gasteiger charge is 2.16. The van der Waals surface area contributed by atoms with Crippen LogP contribution in [0.2, 0.25) is 0 Å². The lowest BCUT2D eigenvalue weighted by molar-refractivity contribution is 0.747. The van der Waals surface area contributed by atoms with Gasteiger partial charge in [0.2, 0.25) is 0 Å². The van der Waals surface area contributed by atoms with Crippen molar-refractivity contribution in [3.8, 4) is 22.0 Å². The minimum atomic E-state index is 0.713. The molecular weight excluding hydrogens is 500 g/mol. The van der Waals surface area contributed by atoms with E-state index >= 15 is 0 Å². The Kier molecular flexibility index (Phi) is 6.99. The summed E-state index contributed by atoms with van der Waals surface area (Å²) in [5.41, 5.74) is 8.95. The van der Waals surface area contributed by atoms with Crippen LogP contribution in [0.1, 0.15) is 18.2 Å². The van der Waals surface area contributed by atoms with Crippen molar-refractivity contribution in [3.63, 3.8) is 0 Å². The van der Waals surface area contributed by atoms with E-state index in [0.29, 0.717) is 6.54 Å². The van der Waals surface area contributed by atoms with Crippen LogP contribution in [0.5, 0.6) is 0 Å². The second kappa shape index (κ2) is 11.0. The van der Waals surface area contributed by atoms with E-state index in [1.165, 1.54) is 5.56 Å². The number of aromatic nitrogens is 5. The summed E-state index contributed by atoms with van der Waals surface area (Å²) in [7, 11) is 0. The van der Waals surface area contributed by atoms with Gasteiger partial charge in [0.15, 0.2) is 0 Å². The van der Waals surface area contributed by atoms with Gasteiger partial charge in [-0.1, -0.05) is 55.1 Å². The molecule has 3 N–H and O–H groups in total. The highest BCUT2D eigenvalue weighted by Crippen LogP contribution is 2.34. The summed E-state index contributed by atoms with van der Waals surface area (Å²) >= 11 is 1.69. The van der Waals surface area contributed by atoms with Crippen LogP contribution >= 0.6 is 11.3 Å². The number of benzene rings is 1. The molecule has 0 atom stereocenters. The van der Waals surface area contributed by atoms with Crippen LogP contribution in [0.3, 0.4) is 0 Å². The number of hydrogen-bond donors (Lipinski definition) is 3. The summed E-state index contributed by atoms with van der Waals surface area (Å²) in [4.78, 5) is 14.1. The number of rotatable bonds is 9. The zero-order valence-corrected chi connectivity index (χ0v) is 22.4. The van der Waals surface area contributed by atoms with Crippen molar-refractivity contribution in [1.29, 1.82) is 0 Å². The Morgan fingerprint density at radius 3 is 2.67 bits per heavy atom. The molecule has 0 bridgehead atoms. The topological polar surface area (TPSA) is 82.3 Å². The molecule has 0 unspecified atom stereocenters. The number of nitrogens with one attached hydrogen (secondary N) is 3. The fourth-order valence-electron chi connectivity index (χ4n) is 4.71. The van der Waals surface area contributed by atoms with Gasteiger partial charge in [0.1, 0.15) is 5.69 Å². The molecule has 0 aliphatic heterocycles. The molecule has 0 spiro atoms. The monoisotopic (exact) mass is 528 g/mol. The summed E-state index contributed by atoms with van der Waals surface area (Å²) in [6.07, 6.45) is 9.81. The first-order valence-electron chi connectivity index (χ1n) is 12.8. The minimum Gasteiger partial charge on any atom is -0.353 e. The third kappa shape index (κ3) is 5.10. The summed E-state index contributed by atoms with van der Waals surface area (Å²) in [6.45, 7) is 7.57. The molecule has 7 heteroatoms. The molecule has 0 aliphatic carbocycles. The molecule has 0 radical (unpaired) electrons. The van der Waals surface area contributed by atoms with Crippen LogP contribution < -0.4 is 5.32 Å².